The van der Waals surface area contributed by atoms with E-state index in [2.05, 4.69) is 9.73 Å². The Morgan fingerprint density at radius 3 is 2.31 bits per heavy atom. The molecule has 0 aromatic heterocycles. The van der Waals surface area contributed by atoms with E-state index in [0.717, 1.165) is 0 Å². The summed E-state index contributed by atoms with van der Waals surface area (Å²) >= 11 is 5.76. The van der Waals surface area contributed by atoms with Gasteiger partial charge in [-0.1, -0.05) is 0 Å². The van der Waals surface area contributed by atoms with Crippen molar-refractivity contribution in [3.05, 3.63) is 0 Å². The molecule has 0 bridgehead atoms. The number of carbonyl (C=O) groups excluding carboxylic acids is 2. The number of rotatable bonds is 6. The molecule has 0 saturated heterocycles. The Kier molecular flexibility index (Phi) is 7.54. The number of hydrogen-bond donors (Lipinski definition) is 0. The highest BCUT2D eigenvalue weighted by Crippen LogP contribution is 2.02. The molecule has 16 heavy (non-hydrogen) atoms. The van der Waals surface area contributed by atoms with Crippen molar-refractivity contribution in [1.29, 1.82) is 0 Å². The first-order valence-electron chi connectivity index (χ1n) is 5.00. The van der Waals surface area contributed by atoms with Gasteiger partial charge in [-0.25, -0.2) is 0 Å². The highest BCUT2D eigenvalue weighted by molar-refractivity contribution is 6.41. The van der Waals surface area contributed by atoms with Crippen molar-refractivity contribution in [2.45, 2.75) is 26.1 Å². The summed E-state index contributed by atoms with van der Waals surface area (Å²) in [6.45, 7) is 5.38. The first-order chi connectivity index (χ1) is 7.52. The SMILES string of the molecule is CCOC(=O)CN=C(C)C(Cl)C(=O)OCC. The molecule has 0 heterocycles. The molecule has 0 radical (unpaired) electrons. The van der Waals surface area contributed by atoms with Crippen LogP contribution in [0, 0.1) is 0 Å². The van der Waals surface area contributed by atoms with E-state index in [9.17, 15) is 9.59 Å². The van der Waals surface area contributed by atoms with Gasteiger partial charge in [-0.05, 0) is 20.8 Å². The van der Waals surface area contributed by atoms with Crippen LogP contribution in [-0.4, -0.2) is 42.8 Å². The maximum atomic E-state index is 11.2. The lowest BCUT2D eigenvalue weighted by molar-refractivity contribution is -0.142. The summed E-state index contributed by atoms with van der Waals surface area (Å²) in [6.07, 6.45) is 0. The van der Waals surface area contributed by atoms with Crippen LogP contribution in [0.5, 0.6) is 0 Å². The Balaban J connectivity index is 4.20. The fourth-order valence-electron chi connectivity index (χ4n) is 0.862. The molecule has 0 aliphatic heterocycles. The van der Waals surface area contributed by atoms with E-state index in [1.54, 1.807) is 20.8 Å². The molecule has 0 N–H and O–H groups in total. The molecule has 0 aliphatic carbocycles. The minimum atomic E-state index is -0.950. The first-order valence-corrected chi connectivity index (χ1v) is 5.43. The molecule has 1 atom stereocenters. The summed E-state index contributed by atoms with van der Waals surface area (Å²) in [5, 5.41) is -0.950. The highest BCUT2D eigenvalue weighted by Gasteiger charge is 2.19. The lowest BCUT2D eigenvalue weighted by Gasteiger charge is -2.08. The Labute approximate surface area is 99.8 Å². The molecule has 5 nitrogen and oxygen atoms in total. The number of hydrogen-bond acceptors (Lipinski definition) is 5. The van der Waals surface area contributed by atoms with Crippen LogP contribution in [0.15, 0.2) is 4.99 Å². The summed E-state index contributed by atoms with van der Waals surface area (Å²) in [4.78, 5) is 26.0. The molecule has 92 valence electrons. The van der Waals surface area contributed by atoms with Crippen LogP contribution in [0.3, 0.4) is 0 Å². The monoisotopic (exact) mass is 249 g/mol. The van der Waals surface area contributed by atoms with Crippen LogP contribution in [0.4, 0.5) is 0 Å². The van der Waals surface area contributed by atoms with Gasteiger partial charge in [0.1, 0.15) is 6.54 Å². The van der Waals surface area contributed by atoms with Crippen molar-refractivity contribution in [1.82, 2.24) is 0 Å². The highest BCUT2D eigenvalue weighted by atomic mass is 35.5. The van der Waals surface area contributed by atoms with Crippen LogP contribution in [0.1, 0.15) is 20.8 Å². The van der Waals surface area contributed by atoms with Crippen LogP contribution in [0.2, 0.25) is 0 Å². The molecule has 0 aromatic carbocycles. The molecule has 0 aliphatic rings. The van der Waals surface area contributed by atoms with Crippen LogP contribution >= 0.6 is 11.6 Å². The quantitative estimate of drug-likeness (QED) is 0.403. The second kappa shape index (κ2) is 8.10. The molecular weight excluding hydrogens is 234 g/mol. The van der Waals surface area contributed by atoms with E-state index in [1.165, 1.54) is 0 Å². The van der Waals surface area contributed by atoms with Gasteiger partial charge >= 0.3 is 11.9 Å². The molecule has 0 rings (SSSR count). The first kappa shape index (κ1) is 14.9. The van der Waals surface area contributed by atoms with Crippen molar-refractivity contribution in [3.63, 3.8) is 0 Å². The third-order valence-electron chi connectivity index (χ3n) is 1.62. The number of aliphatic imine (C=N–C) groups is 1. The van der Waals surface area contributed by atoms with Crippen LogP contribution in [-0.2, 0) is 19.1 Å². The van der Waals surface area contributed by atoms with Crippen LogP contribution in [0.25, 0.3) is 0 Å². The summed E-state index contributed by atoms with van der Waals surface area (Å²) in [5.41, 5.74) is 0.341. The number of alkyl halides is 1. The number of esters is 2. The molecule has 0 amide bonds. The third-order valence-corrected chi connectivity index (χ3v) is 2.12. The van der Waals surface area contributed by atoms with Crippen molar-refractivity contribution in [2.24, 2.45) is 4.99 Å². The second-order valence-corrected chi connectivity index (χ2v) is 3.31. The van der Waals surface area contributed by atoms with Gasteiger partial charge in [0.05, 0.1) is 13.2 Å². The van der Waals surface area contributed by atoms with Gasteiger partial charge in [-0.15, -0.1) is 11.6 Å². The molecule has 0 aromatic rings. The van der Waals surface area contributed by atoms with E-state index >= 15 is 0 Å². The lowest BCUT2D eigenvalue weighted by Crippen LogP contribution is -2.25. The van der Waals surface area contributed by atoms with Crippen molar-refractivity contribution < 1.29 is 19.1 Å². The smallest absolute Gasteiger partial charge is 0.329 e. The fraction of sp³-hybridized carbons (Fsp3) is 0.700. The van der Waals surface area contributed by atoms with E-state index in [1.807, 2.05) is 0 Å². The van der Waals surface area contributed by atoms with Crippen molar-refractivity contribution in [2.75, 3.05) is 19.8 Å². The Bertz CT molecular complexity index is 278. The van der Waals surface area contributed by atoms with Gasteiger partial charge in [-0.2, -0.15) is 0 Å². The van der Waals surface area contributed by atoms with Crippen molar-refractivity contribution in [3.8, 4) is 0 Å². The second-order valence-electron chi connectivity index (χ2n) is 2.88. The summed E-state index contributed by atoms with van der Waals surface area (Å²) in [6, 6.07) is 0. The molecule has 0 spiro atoms. The van der Waals surface area contributed by atoms with Gasteiger partial charge < -0.3 is 9.47 Å². The zero-order valence-corrected chi connectivity index (χ0v) is 10.4. The number of nitrogens with zero attached hydrogens (tertiary/aromatic N) is 1. The Hall–Kier alpha value is -1.10. The maximum Gasteiger partial charge on any atom is 0.329 e. The average Bonchev–Trinajstić information content (AvgIpc) is 2.25. The summed E-state index contributed by atoms with van der Waals surface area (Å²) in [7, 11) is 0. The molecular formula is C10H16ClNO4. The molecule has 0 fully saturated rings. The number of ether oxygens (including phenoxy) is 2. The fourth-order valence-corrected chi connectivity index (χ4v) is 0.994. The third kappa shape index (κ3) is 5.70. The van der Waals surface area contributed by atoms with Crippen LogP contribution < -0.4 is 0 Å². The molecule has 6 heteroatoms. The van der Waals surface area contributed by atoms with E-state index < -0.39 is 17.3 Å². The maximum absolute atomic E-state index is 11.2. The predicted molar refractivity (Wildman–Crippen MR) is 60.9 cm³/mol. The minimum Gasteiger partial charge on any atom is -0.465 e. The average molecular weight is 250 g/mol. The normalized spacial score (nSPS) is 13.1. The van der Waals surface area contributed by atoms with Gasteiger partial charge in [0.2, 0.25) is 0 Å². The topological polar surface area (TPSA) is 65.0 Å². The Morgan fingerprint density at radius 1 is 1.25 bits per heavy atom. The lowest BCUT2D eigenvalue weighted by atomic mass is 10.3. The van der Waals surface area contributed by atoms with Gasteiger partial charge in [-0.3, -0.25) is 14.6 Å². The number of halogens is 1. The minimum absolute atomic E-state index is 0.137. The van der Waals surface area contributed by atoms with E-state index in [0.29, 0.717) is 12.3 Å². The largest absolute Gasteiger partial charge is 0.465 e. The van der Waals surface area contributed by atoms with Gasteiger partial charge in [0.15, 0.2) is 5.38 Å². The van der Waals surface area contributed by atoms with Gasteiger partial charge in [0, 0.05) is 5.71 Å². The van der Waals surface area contributed by atoms with Gasteiger partial charge in [0.25, 0.3) is 0 Å². The zero-order chi connectivity index (χ0) is 12.6. The van der Waals surface area contributed by atoms with E-state index in [-0.39, 0.29) is 13.2 Å². The molecule has 1 unspecified atom stereocenters. The zero-order valence-electron chi connectivity index (χ0n) is 9.66. The summed E-state index contributed by atoms with van der Waals surface area (Å²) < 4.78 is 9.39. The number of carbonyl (C=O) groups is 2. The predicted octanol–water partition coefficient (Wildman–Crippen LogP) is 1.18. The Morgan fingerprint density at radius 2 is 1.81 bits per heavy atom. The summed E-state index contributed by atoms with van der Waals surface area (Å²) in [5.74, 6) is -1.01. The van der Waals surface area contributed by atoms with Crippen molar-refractivity contribution >= 4 is 29.3 Å². The van der Waals surface area contributed by atoms with E-state index in [4.69, 9.17) is 16.3 Å². The standard InChI is InChI=1S/C10H16ClNO4/c1-4-15-8(13)6-12-7(3)9(11)10(14)16-5-2/h9H,4-6H2,1-3H3. The molecule has 0 saturated carbocycles.